The van der Waals surface area contributed by atoms with Gasteiger partial charge in [-0.1, -0.05) is 23.3 Å². The second-order valence-corrected chi connectivity index (χ2v) is 10.4. The van der Waals surface area contributed by atoms with Gasteiger partial charge in [0.15, 0.2) is 11.4 Å². The fourth-order valence-corrected chi connectivity index (χ4v) is 4.74. The highest BCUT2D eigenvalue weighted by molar-refractivity contribution is 5.97. The van der Waals surface area contributed by atoms with Crippen LogP contribution in [0.2, 0.25) is 0 Å². The molecular weight excluding hydrogens is 496 g/mol. The third-order valence-electron chi connectivity index (χ3n) is 6.55. The zero-order chi connectivity index (χ0) is 28.4. The number of aryl methyl sites for hydroxylation is 2. The average Bonchev–Trinajstić information content (AvgIpc) is 3.30. The van der Waals surface area contributed by atoms with Crippen molar-refractivity contribution in [3.05, 3.63) is 47.5 Å². The number of amides is 2. The summed E-state index contributed by atoms with van der Waals surface area (Å²) >= 11 is 0. The Kier molecular flexibility index (Phi) is 7.94. The topological polar surface area (TPSA) is 134 Å². The maximum absolute atomic E-state index is 12.4. The first-order chi connectivity index (χ1) is 18.5. The van der Waals surface area contributed by atoms with Gasteiger partial charge in [-0.3, -0.25) is 9.59 Å². The maximum Gasteiger partial charge on any atom is 0.264 e. The molecule has 0 aliphatic carbocycles. The molecule has 0 bridgehead atoms. The lowest BCUT2D eigenvalue weighted by Gasteiger charge is -2.10. The normalized spacial score (nSPS) is 12.3. The smallest absolute Gasteiger partial charge is 0.264 e. The second-order valence-electron chi connectivity index (χ2n) is 10.4. The number of hydrogen-bond acceptors (Lipinski definition) is 6. The van der Waals surface area contributed by atoms with E-state index in [1.54, 1.807) is 9.13 Å². The van der Waals surface area contributed by atoms with Crippen molar-refractivity contribution in [1.29, 1.82) is 0 Å². The Morgan fingerprint density at radius 3 is 1.46 bits per heavy atom. The number of aromatic nitrogens is 2. The van der Waals surface area contributed by atoms with Gasteiger partial charge >= 0.3 is 0 Å². The van der Waals surface area contributed by atoms with Gasteiger partial charge in [0, 0.05) is 35.7 Å². The summed E-state index contributed by atoms with van der Waals surface area (Å²) in [6.07, 6.45) is 0.197. The molecule has 0 saturated heterocycles. The van der Waals surface area contributed by atoms with Gasteiger partial charge in [-0.05, 0) is 72.2 Å². The predicted molar refractivity (Wildman–Crippen MR) is 150 cm³/mol. The quantitative estimate of drug-likeness (QED) is 0.224. The maximum atomic E-state index is 12.4. The Bertz CT molecular complexity index is 1500. The molecule has 4 aromatic rings. The van der Waals surface area contributed by atoms with E-state index in [0.717, 1.165) is 22.2 Å². The summed E-state index contributed by atoms with van der Waals surface area (Å²) in [5, 5.41) is 38.6. The van der Waals surface area contributed by atoms with Crippen LogP contribution in [0.25, 0.3) is 21.8 Å². The molecule has 2 heterocycles. The minimum Gasteiger partial charge on any atom is -0.493 e. The number of azo groups is 2. The van der Waals surface area contributed by atoms with Crippen LogP contribution in [-0.4, -0.2) is 31.2 Å². The molecule has 10 nitrogen and oxygen atoms in total. The molecule has 0 atom stereocenters. The molecular formula is C29H34N6O4. The van der Waals surface area contributed by atoms with Crippen molar-refractivity contribution in [3.8, 4) is 11.8 Å². The summed E-state index contributed by atoms with van der Waals surface area (Å²) in [6, 6.07) is 11.5. The van der Waals surface area contributed by atoms with Gasteiger partial charge in [-0.2, -0.15) is 0 Å². The van der Waals surface area contributed by atoms with E-state index < -0.39 is 11.8 Å². The molecule has 0 aliphatic heterocycles. The lowest BCUT2D eigenvalue weighted by atomic mass is 10.1. The van der Waals surface area contributed by atoms with Crippen LogP contribution < -0.4 is 0 Å². The van der Waals surface area contributed by atoms with Crippen LogP contribution in [0.5, 0.6) is 11.8 Å². The molecule has 0 saturated carbocycles. The van der Waals surface area contributed by atoms with Crippen LogP contribution in [0, 0.1) is 13.8 Å². The summed E-state index contributed by atoms with van der Waals surface area (Å²) in [5.41, 5.74) is 4.10. The van der Waals surface area contributed by atoms with Crippen LogP contribution in [0.15, 0.2) is 56.9 Å². The van der Waals surface area contributed by atoms with Crippen LogP contribution in [0.4, 0.5) is 11.4 Å². The van der Waals surface area contributed by atoms with Gasteiger partial charge in [0.1, 0.15) is 0 Å². The molecule has 0 radical (unpaired) electrons. The van der Waals surface area contributed by atoms with Gasteiger partial charge in [0.2, 0.25) is 11.8 Å². The number of rotatable bonds is 8. The summed E-state index contributed by atoms with van der Waals surface area (Å²) < 4.78 is 3.49. The molecule has 0 spiro atoms. The van der Waals surface area contributed by atoms with Crippen molar-refractivity contribution in [3.63, 3.8) is 0 Å². The van der Waals surface area contributed by atoms with Crippen LogP contribution in [0.3, 0.4) is 0 Å². The fourth-order valence-electron chi connectivity index (χ4n) is 4.74. The molecule has 0 fully saturated rings. The highest BCUT2D eigenvalue weighted by atomic mass is 16.3. The number of carbonyl (C=O) groups excluding carboxylic acids is 2. The Balaban J connectivity index is 1.42. The third kappa shape index (κ3) is 5.59. The Labute approximate surface area is 226 Å². The van der Waals surface area contributed by atoms with Crippen molar-refractivity contribution in [1.82, 2.24) is 9.13 Å². The molecule has 204 valence electrons. The molecule has 2 N–H and O–H groups in total. The van der Waals surface area contributed by atoms with Crippen LogP contribution in [-0.2, 0) is 9.59 Å². The van der Waals surface area contributed by atoms with Crippen LogP contribution >= 0.6 is 0 Å². The Hall–Kier alpha value is -4.34. The van der Waals surface area contributed by atoms with E-state index in [2.05, 4.69) is 20.5 Å². The number of carbonyl (C=O) groups is 2. The van der Waals surface area contributed by atoms with Gasteiger partial charge in [0.05, 0.1) is 11.0 Å². The molecule has 0 unspecified atom stereocenters. The van der Waals surface area contributed by atoms with Gasteiger partial charge in [0.25, 0.3) is 11.8 Å². The SMILES string of the molecule is Cc1ccc2c(c1)c(N=NC(=O)CCCC(=O)N=Nc1c(O)n(C(C)C)c3ccc(C)cc13)c(O)n2C(C)C. The van der Waals surface area contributed by atoms with E-state index >= 15 is 0 Å². The summed E-state index contributed by atoms with van der Waals surface area (Å²) in [6.45, 7) is 11.7. The number of hydrogen-bond donors (Lipinski definition) is 2. The first kappa shape index (κ1) is 27.7. The number of benzene rings is 2. The van der Waals surface area contributed by atoms with Crippen molar-refractivity contribution < 1.29 is 19.8 Å². The molecule has 39 heavy (non-hydrogen) atoms. The molecule has 0 aliphatic rings. The van der Waals surface area contributed by atoms with Gasteiger partial charge < -0.3 is 19.3 Å². The van der Waals surface area contributed by atoms with E-state index in [4.69, 9.17) is 0 Å². The van der Waals surface area contributed by atoms with Crippen LogP contribution in [0.1, 0.15) is 70.2 Å². The first-order valence-corrected chi connectivity index (χ1v) is 13.1. The van der Waals surface area contributed by atoms with E-state index in [0.29, 0.717) is 10.8 Å². The zero-order valence-corrected chi connectivity index (χ0v) is 23.1. The average molecular weight is 531 g/mol. The van der Waals surface area contributed by atoms with E-state index in [1.807, 2.05) is 77.9 Å². The van der Waals surface area contributed by atoms with E-state index in [9.17, 15) is 19.8 Å². The van der Waals surface area contributed by atoms with Crippen molar-refractivity contribution in [2.24, 2.45) is 20.5 Å². The van der Waals surface area contributed by atoms with Crippen molar-refractivity contribution >= 4 is 45.0 Å². The van der Waals surface area contributed by atoms with E-state index in [1.165, 1.54) is 0 Å². The predicted octanol–water partition coefficient (Wildman–Crippen LogP) is 7.88. The number of nitrogens with zero attached hydrogens (tertiary/aromatic N) is 6. The lowest BCUT2D eigenvalue weighted by molar-refractivity contribution is -0.119. The zero-order valence-electron chi connectivity index (χ0n) is 23.1. The highest BCUT2D eigenvalue weighted by Crippen LogP contribution is 2.42. The highest BCUT2D eigenvalue weighted by Gasteiger charge is 2.20. The Morgan fingerprint density at radius 1 is 0.718 bits per heavy atom. The summed E-state index contributed by atoms with van der Waals surface area (Å²) in [5.74, 6) is -1.11. The Morgan fingerprint density at radius 2 is 1.10 bits per heavy atom. The molecule has 10 heteroatoms. The van der Waals surface area contributed by atoms with Crippen molar-refractivity contribution in [2.75, 3.05) is 0 Å². The second kappa shape index (κ2) is 11.2. The largest absolute Gasteiger partial charge is 0.493 e. The summed E-state index contributed by atoms with van der Waals surface area (Å²) in [7, 11) is 0. The van der Waals surface area contributed by atoms with Gasteiger partial charge in [-0.25, -0.2) is 0 Å². The monoisotopic (exact) mass is 530 g/mol. The minimum atomic E-state index is -0.509. The molecule has 4 rings (SSSR count). The fraction of sp³-hybridized carbons (Fsp3) is 0.379. The number of fused-ring (bicyclic) bond motifs is 2. The number of aromatic hydroxyl groups is 2. The third-order valence-corrected chi connectivity index (χ3v) is 6.55. The van der Waals surface area contributed by atoms with E-state index in [-0.39, 0.29) is 54.5 Å². The van der Waals surface area contributed by atoms with Crippen molar-refractivity contribution in [2.45, 2.75) is 72.9 Å². The molecule has 2 aromatic heterocycles. The summed E-state index contributed by atoms with van der Waals surface area (Å²) in [4.78, 5) is 24.7. The lowest BCUT2D eigenvalue weighted by Crippen LogP contribution is -1.99. The standard InChI is InChI=1S/C29H34N6O4/c1-16(2)34-22-12-10-18(5)14-20(22)26(28(34)38)32-30-24(36)8-7-9-25(37)31-33-27-21-15-19(6)11-13-23(21)35(17(3)4)29(27)39/h10-17,38-39H,7-9H2,1-6H3. The minimum absolute atomic E-state index is 0.00945. The molecule has 2 amide bonds. The first-order valence-electron chi connectivity index (χ1n) is 13.1. The van der Waals surface area contributed by atoms with Gasteiger partial charge in [-0.15, -0.1) is 20.5 Å². The molecule has 2 aromatic carbocycles.